The standard InChI is InChI=1S/C14H31NO/c1-6-8-9-13(7-2)10-16-12-14(3,4)11-15-5/h13,15H,6-12H2,1-5H3. The average molecular weight is 229 g/mol. The molecule has 0 rings (SSSR count). The third kappa shape index (κ3) is 8.12. The predicted octanol–water partition coefficient (Wildman–Crippen LogP) is 3.47. The Bertz CT molecular complexity index is 157. The molecule has 1 N–H and O–H groups in total. The zero-order valence-corrected chi connectivity index (χ0v) is 11.9. The highest BCUT2D eigenvalue weighted by molar-refractivity contribution is 4.70. The molecule has 16 heavy (non-hydrogen) atoms. The summed E-state index contributed by atoms with van der Waals surface area (Å²) in [6.07, 6.45) is 5.19. The van der Waals surface area contributed by atoms with Gasteiger partial charge in [-0.3, -0.25) is 0 Å². The highest BCUT2D eigenvalue weighted by Gasteiger charge is 2.17. The molecule has 0 aliphatic rings. The maximum atomic E-state index is 5.86. The molecule has 0 heterocycles. The molecule has 0 saturated carbocycles. The van der Waals surface area contributed by atoms with E-state index in [0.717, 1.165) is 25.7 Å². The van der Waals surface area contributed by atoms with Crippen LogP contribution in [0.5, 0.6) is 0 Å². The first-order valence-corrected chi connectivity index (χ1v) is 6.78. The van der Waals surface area contributed by atoms with Crippen LogP contribution in [0.2, 0.25) is 0 Å². The van der Waals surface area contributed by atoms with Crippen LogP contribution in [0.4, 0.5) is 0 Å². The molecule has 1 atom stereocenters. The number of rotatable bonds is 10. The lowest BCUT2D eigenvalue weighted by Crippen LogP contribution is -2.31. The van der Waals surface area contributed by atoms with E-state index < -0.39 is 0 Å². The minimum atomic E-state index is 0.248. The van der Waals surface area contributed by atoms with E-state index in [-0.39, 0.29) is 5.41 Å². The number of unbranched alkanes of at least 4 members (excludes halogenated alkanes) is 1. The molecular formula is C14H31NO. The quantitative estimate of drug-likeness (QED) is 0.619. The Morgan fingerprint density at radius 2 is 1.94 bits per heavy atom. The molecule has 0 bridgehead atoms. The second-order valence-electron chi connectivity index (χ2n) is 5.63. The summed E-state index contributed by atoms with van der Waals surface area (Å²) < 4.78 is 5.86. The first-order valence-electron chi connectivity index (χ1n) is 6.78. The summed E-state index contributed by atoms with van der Waals surface area (Å²) in [5, 5.41) is 3.21. The molecule has 1 unspecified atom stereocenters. The van der Waals surface area contributed by atoms with Gasteiger partial charge in [-0.2, -0.15) is 0 Å². The van der Waals surface area contributed by atoms with Crippen molar-refractivity contribution in [2.75, 3.05) is 26.8 Å². The first kappa shape index (κ1) is 15.9. The van der Waals surface area contributed by atoms with E-state index in [4.69, 9.17) is 4.74 Å². The van der Waals surface area contributed by atoms with Gasteiger partial charge >= 0.3 is 0 Å². The summed E-state index contributed by atoms with van der Waals surface area (Å²) in [6, 6.07) is 0. The van der Waals surface area contributed by atoms with Crippen LogP contribution in [-0.2, 0) is 4.74 Å². The van der Waals surface area contributed by atoms with Crippen molar-refractivity contribution in [2.24, 2.45) is 11.3 Å². The minimum Gasteiger partial charge on any atom is -0.381 e. The summed E-state index contributed by atoms with van der Waals surface area (Å²) in [4.78, 5) is 0. The van der Waals surface area contributed by atoms with Crippen molar-refractivity contribution < 1.29 is 4.74 Å². The van der Waals surface area contributed by atoms with Crippen molar-refractivity contribution in [3.8, 4) is 0 Å². The smallest absolute Gasteiger partial charge is 0.0529 e. The van der Waals surface area contributed by atoms with Crippen LogP contribution in [0, 0.1) is 11.3 Å². The summed E-state index contributed by atoms with van der Waals surface area (Å²) in [6.45, 7) is 11.8. The third-order valence-corrected chi connectivity index (χ3v) is 3.04. The minimum absolute atomic E-state index is 0.248. The van der Waals surface area contributed by atoms with E-state index in [1.165, 1.54) is 25.7 Å². The van der Waals surface area contributed by atoms with Crippen LogP contribution in [-0.4, -0.2) is 26.8 Å². The maximum Gasteiger partial charge on any atom is 0.0529 e. The molecule has 0 aromatic rings. The summed E-state index contributed by atoms with van der Waals surface area (Å²) in [7, 11) is 2.00. The first-order chi connectivity index (χ1) is 7.55. The van der Waals surface area contributed by atoms with Crippen LogP contribution in [0.1, 0.15) is 53.4 Å². The Morgan fingerprint density at radius 3 is 2.44 bits per heavy atom. The van der Waals surface area contributed by atoms with E-state index in [2.05, 4.69) is 33.0 Å². The molecule has 0 aromatic heterocycles. The molecule has 0 aliphatic carbocycles. The van der Waals surface area contributed by atoms with Crippen molar-refractivity contribution in [2.45, 2.75) is 53.4 Å². The van der Waals surface area contributed by atoms with Crippen molar-refractivity contribution in [3.05, 3.63) is 0 Å². The van der Waals surface area contributed by atoms with Gasteiger partial charge in [0.2, 0.25) is 0 Å². The Labute approximate surface area is 102 Å². The van der Waals surface area contributed by atoms with Gasteiger partial charge in [0.05, 0.1) is 6.61 Å². The monoisotopic (exact) mass is 229 g/mol. The molecule has 0 aliphatic heterocycles. The molecule has 0 spiro atoms. The molecule has 0 aromatic carbocycles. The number of hydrogen-bond acceptors (Lipinski definition) is 2. The lowest BCUT2D eigenvalue weighted by Gasteiger charge is -2.25. The van der Waals surface area contributed by atoms with Gasteiger partial charge in [-0.1, -0.05) is 47.0 Å². The Kier molecular flexibility index (Phi) is 8.96. The second kappa shape index (κ2) is 9.00. The number of nitrogens with one attached hydrogen (secondary N) is 1. The third-order valence-electron chi connectivity index (χ3n) is 3.04. The fraction of sp³-hybridized carbons (Fsp3) is 1.00. The van der Waals surface area contributed by atoms with E-state index >= 15 is 0 Å². The summed E-state index contributed by atoms with van der Waals surface area (Å²) >= 11 is 0. The number of ether oxygens (including phenoxy) is 1. The lowest BCUT2D eigenvalue weighted by molar-refractivity contribution is 0.0379. The van der Waals surface area contributed by atoms with Crippen LogP contribution in [0.15, 0.2) is 0 Å². The van der Waals surface area contributed by atoms with Crippen molar-refractivity contribution in [1.82, 2.24) is 5.32 Å². The Balaban J connectivity index is 3.68. The SMILES string of the molecule is CCCCC(CC)COCC(C)(C)CNC. The highest BCUT2D eigenvalue weighted by Crippen LogP contribution is 2.17. The molecule has 2 nitrogen and oxygen atoms in total. The fourth-order valence-electron chi connectivity index (χ4n) is 1.93. The average Bonchev–Trinajstić information content (AvgIpc) is 2.22. The number of hydrogen-bond donors (Lipinski definition) is 1. The highest BCUT2D eigenvalue weighted by atomic mass is 16.5. The van der Waals surface area contributed by atoms with E-state index in [0.29, 0.717) is 0 Å². The van der Waals surface area contributed by atoms with E-state index in [1.54, 1.807) is 0 Å². The maximum absolute atomic E-state index is 5.86. The zero-order chi connectivity index (χ0) is 12.4. The Hall–Kier alpha value is -0.0800. The molecule has 0 fully saturated rings. The molecule has 2 heteroatoms. The van der Waals surface area contributed by atoms with Crippen LogP contribution < -0.4 is 5.32 Å². The van der Waals surface area contributed by atoms with Gasteiger partial charge in [0.1, 0.15) is 0 Å². The molecule has 0 amide bonds. The van der Waals surface area contributed by atoms with Gasteiger partial charge in [-0.25, -0.2) is 0 Å². The van der Waals surface area contributed by atoms with Gasteiger partial charge in [0.15, 0.2) is 0 Å². The van der Waals surface area contributed by atoms with Crippen molar-refractivity contribution in [1.29, 1.82) is 0 Å². The van der Waals surface area contributed by atoms with Crippen LogP contribution in [0.3, 0.4) is 0 Å². The zero-order valence-electron chi connectivity index (χ0n) is 11.9. The predicted molar refractivity (Wildman–Crippen MR) is 71.8 cm³/mol. The van der Waals surface area contributed by atoms with Crippen LogP contribution >= 0.6 is 0 Å². The Morgan fingerprint density at radius 1 is 1.25 bits per heavy atom. The normalized spacial score (nSPS) is 14.1. The van der Waals surface area contributed by atoms with E-state index in [1.807, 2.05) is 7.05 Å². The second-order valence-corrected chi connectivity index (χ2v) is 5.63. The van der Waals surface area contributed by atoms with Gasteiger partial charge in [0, 0.05) is 18.6 Å². The summed E-state index contributed by atoms with van der Waals surface area (Å²) in [5.74, 6) is 0.755. The lowest BCUT2D eigenvalue weighted by atomic mass is 9.94. The molecule has 98 valence electrons. The van der Waals surface area contributed by atoms with Gasteiger partial charge in [0.25, 0.3) is 0 Å². The topological polar surface area (TPSA) is 21.3 Å². The molecular weight excluding hydrogens is 198 g/mol. The van der Waals surface area contributed by atoms with Gasteiger partial charge in [-0.05, 0) is 19.4 Å². The van der Waals surface area contributed by atoms with Gasteiger partial charge < -0.3 is 10.1 Å². The van der Waals surface area contributed by atoms with Gasteiger partial charge in [-0.15, -0.1) is 0 Å². The molecule has 0 saturated heterocycles. The summed E-state index contributed by atoms with van der Waals surface area (Å²) in [5.41, 5.74) is 0.248. The fourth-order valence-corrected chi connectivity index (χ4v) is 1.93. The van der Waals surface area contributed by atoms with Crippen LogP contribution in [0.25, 0.3) is 0 Å². The van der Waals surface area contributed by atoms with Crippen molar-refractivity contribution >= 4 is 0 Å². The molecule has 0 radical (unpaired) electrons. The largest absolute Gasteiger partial charge is 0.381 e. The van der Waals surface area contributed by atoms with E-state index in [9.17, 15) is 0 Å². The van der Waals surface area contributed by atoms with Crippen molar-refractivity contribution in [3.63, 3.8) is 0 Å².